The monoisotopic (exact) mass is 285 g/mol. The summed E-state index contributed by atoms with van der Waals surface area (Å²) in [5.74, 6) is 0.0553. The molecule has 2 rings (SSSR count). The molecule has 0 atom stereocenters. The number of alkyl halides is 3. The minimum atomic E-state index is -4.72. The van der Waals surface area contributed by atoms with Crippen LogP contribution < -0.4 is 21.5 Å². The molecule has 0 fully saturated rings. The van der Waals surface area contributed by atoms with Crippen LogP contribution in [0.3, 0.4) is 0 Å². The third kappa shape index (κ3) is 3.40. The molecule has 9 heteroatoms. The van der Waals surface area contributed by atoms with Crippen LogP contribution in [0.15, 0.2) is 30.6 Å². The van der Waals surface area contributed by atoms with Crippen LogP contribution in [0.1, 0.15) is 0 Å². The molecule has 0 unspecified atom stereocenters. The van der Waals surface area contributed by atoms with E-state index in [-0.39, 0.29) is 23.1 Å². The maximum absolute atomic E-state index is 12.0. The Morgan fingerprint density at radius 1 is 1.05 bits per heavy atom. The van der Waals surface area contributed by atoms with Gasteiger partial charge < -0.3 is 21.5 Å². The van der Waals surface area contributed by atoms with Gasteiger partial charge in [-0.2, -0.15) is 0 Å². The van der Waals surface area contributed by atoms with E-state index in [2.05, 4.69) is 20.0 Å². The van der Waals surface area contributed by atoms with Crippen molar-refractivity contribution in [3.63, 3.8) is 0 Å². The lowest BCUT2D eigenvalue weighted by Gasteiger charge is -2.11. The summed E-state index contributed by atoms with van der Waals surface area (Å²) >= 11 is 0. The van der Waals surface area contributed by atoms with E-state index in [1.54, 1.807) is 0 Å². The summed E-state index contributed by atoms with van der Waals surface area (Å²) in [7, 11) is 0. The number of benzene rings is 1. The second-order valence-electron chi connectivity index (χ2n) is 3.72. The molecule has 0 amide bonds. The molecule has 1 aromatic heterocycles. The Bertz CT molecular complexity index is 600. The first-order chi connectivity index (χ1) is 9.35. The van der Waals surface area contributed by atoms with Gasteiger partial charge in [-0.1, -0.05) is 0 Å². The van der Waals surface area contributed by atoms with Crippen LogP contribution in [0.25, 0.3) is 0 Å². The lowest BCUT2D eigenvalue weighted by atomic mass is 10.3. The van der Waals surface area contributed by atoms with Gasteiger partial charge in [-0.25, -0.2) is 9.97 Å². The molecule has 1 aromatic carbocycles. The number of rotatable bonds is 3. The van der Waals surface area contributed by atoms with Crippen molar-refractivity contribution in [1.29, 1.82) is 0 Å². The maximum atomic E-state index is 12.0. The zero-order valence-electron chi connectivity index (χ0n) is 9.98. The third-order valence-corrected chi connectivity index (χ3v) is 2.27. The van der Waals surface area contributed by atoms with Crippen LogP contribution in [-0.2, 0) is 0 Å². The first-order valence-electron chi connectivity index (χ1n) is 5.34. The van der Waals surface area contributed by atoms with Crippen molar-refractivity contribution in [3.8, 4) is 5.75 Å². The first-order valence-corrected chi connectivity index (χ1v) is 5.34. The molecule has 0 aliphatic heterocycles. The number of hydrogen-bond acceptors (Lipinski definition) is 6. The molecule has 106 valence electrons. The highest BCUT2D eigenvalue weighted by Crippen LogP contribution is 2.27. The Labute approximate surface area is 111 Å². The second-order valence-corrected chi connectivity index (χ2v) is 3.72. The highest BCUT2D eigenvalue weighted by molar-refractivity contribution is 5.76. The van der Waals surface area contributed by atoms with E-state index in [1.807, 2.05) is 0 Å². The van der Waals surface area contributed by atoms with Crippen molar-refractivity contribution >= 4 is 23.0 Å². The fourth-order valence-electron chi connectivity index (χ4n) is 1.39. The Balaban J connectivity index is 2.13. The minimum absolute atomic E-state index is 0.111. The highest BCUT2D eigenvalue weighted by atomic mass is 19.4. The van der Waals surface area contributed by atoms with Crippen LogP contribution >= 0.6 is 0 Å². The maximum Gasteiger partial charge on any atom is 0.573 e. The number of halogens is 3. The van der Waals surface area contributed by atoms with Crippen molar-refractivity contribution in [2.75, 3.05) is 16.8 Å². The lowest BCUT2D eigenvalue weighted by Crippen LogP contribution is -2.17. The van der Waals surface area contributed by atoms with Gasteiger partial charge in [-0.3, -0.25) is 0 Å². The average Bonchev–Trinajstić information content (AvgIpc) is 2.35. The van der Waals surface area contributed by atoms with E-state index in [4.69, 9.17) is 11.5 Å². The van der Waals surface area contributed by atoms with Crippen LogP contribution in [0.4, 0.5) is 36.2 Å². The molecule has 2 aromatic rings. The number of nitrogen functional groups attached to an aromatic ring is 2. The largest absolute Gasteiger partial charge is 0.573 e. The molecule has 20 heavy (non-hydrogen) atoms. The van der Waals surface area contributed by atoms with Crippen LogP contribution in [0.5, 0.6) is 5.75 Å². The van der Waals surface area contributed by atoms with Gasteiger partial charge in [-0.15, -0.1) is 13.2 Å². The SMILES string of the molecule is Nc1ncnc(Nc2ccc(OC(F)(F)F)cc2)c1N. The molecule has 6 nitrogen and oxygen atoms in total. The Morgan fingerprint density at radius 3 is 2.30 bits per heavy atom. The zero-order valence-corrected chi connectivity index (χ0v) is 9.98. The van der Waals surface area contributed by atoms with Gasteiger partial charge in [0.2, 0.25) is 0 Å². The number of anilines is 4. The number of hydrogen-bond donors (Lipinski definition) is 3. The molecule has 0 saturated heterocycles. The summed E-state index contributed by atoms with van der Waals surface area (Å²) in [5, 5.41) is 2.81. The van der Waals surface area contributed by atoms with Gasteiger partial charge in [0, 0.05) is 5.69 Å². The smallest absolute Gasteiger partial charge is 0.406 e. The third-order valence-electron chi connectivity index (χ3n) is 2.27. The number of ether oxygens (including phenoxy) is 1. The van der Waals surface area contributed by atoms with Crippen molar-refractivity contribution in [3.05, 3.63) is 30.6 Å². The Kier molecular flexibility index (Phi) is 3.51. The molecule has 0 bridgehead atoms. The topological polar surface area (TPSA) is 99.1 Å². The van der Waals surface area contributed by atoms with E-state index in [0.29, 0.717) is 5.69 Å². The first kappa shape index (κ1) is 13.7. The standard InChI is InChI=1S/C11H10F3N5O/c12-11(13,14)20-7-3-1-6(2-4-7)19-10-8(15)9(16)17-5-18-10/h1-5H,15H2,(H3,16,17,18,19). The predicted octanol–water partition coefficient (Wildman–Crippen LogP) is 2.28. The zero-order chi connectivity index (χ0) is 14.8. The summed E-state index contributed by atoms with van der Waals surface area (Å²) in [6.07, 6.45) is -3.50. The normalized spacial score (nSPS) is 11.2. The van der Waals surface area contributed by atoms with E-state index in [0.717, 1.165) is 12.1 Å². The van der Waals surface area contributed by atoms with Gasteiger partial charge in [-0.05, 0) is 24.3 Å². The quantitative estimate of drug-likeness (QED) is 0.800. The molecule has 1 heterocycles. The van der Waals surface area contributed by atoms with E-state index in [9.17, 15) is 13.2 Å². The fourth-order valence-corrected chi connectivity index (χ4v) is 1.39. The van der Waals surface area contributed by atoms with Gasteiger partial charge in [0.05, 0.1) is 0 Å². The van der Waals surface area contributed by atoms with Crippen LogP contribution in [0, 0.1) is 0 Å². The Hall–Kier alpha value is -2.71. The van der Waals surface area contributed by atoms with Crippen molar-refractivity contribution in [2.45, 2.75) is 6.36 Å². The van der Waals surface area contributed by atoms with Crippen molar-refractivity contribution < 1.29 is 17.9 Å². The molecule has 0 radical (unpaired) electrons. The average molecular weight is 285 g/mol. The molecule has 0 saturated carbocycles. The summed E-state index contributed by atoms with van der Waals surface area (Å²) in [4.78, 5) is 7.57. The van der Waals surface area contributed by atoms with E-state index in [1.165, 1.54) is 18.5 Å². The molecule has 0 aliphatic carbocycles. The summed E-state index contributed by atoms with van der Waals surface area (Å²) < 4.78 is 39.8. The minimum Gasteiger partial charge on any atom is -0.406 e. The van der Waals surface area contributed by atoms with Crippen molar-refractivity contribution in [1.82, 2.24) is 9.97 Å². The fraction of sp³-hybridized carbons (Fsp3) is 0.0909. The number of aromatic nitrogens is 2. The molecule has 5 N–H and O–H groups in total. The molecule has 0 aliphatic rings. The summed E-state index contributed by atoms with van der Waals surface area (Å²) in [5.41, 5.74) is 11.8. The predicted molar refractivity (Wildman–Crippen MR) is 67.3 cm³/mol. The second kappa shape index (κ2) is 5.11. The van der Waals surface area contributed by atoms with E-state index < -0.39 is 6.36 Å². The highest BCUT2D eigenvalue weighted by Gasteiger charge is 2.30. The van der Waals surface area contributed by atoms with Crippen LogP contribution in [0.2, 0.25) is 0 Å². The van der Waals surface area contributed by atoms with Gasteiger partial charge in [0.1, 0.15) is 17.8 Å². The van der Waals surface area contributed by atoms with Crippen molar-refractivity contribution in [2.24, 2.45) is 0 Å². The summed E-state index contributed by atoms with van der Waals surface area (Å²) in [6.45, 7) is 0. The number of nitrogens with two attached hydrogens (primary N) is 2. The molecular weight excluding hydrogens is 275 g/mol. The number of nitrogens with zero attached hydrogens (tertiary/aromatic N) is 2. The molecular formula is C11H10F3N5O. The van der Waals surface area contributed by atoms with Crippen LogP contribution in [-0.4, -0.2) is 16.3 Å². The summed E-state index contributed by atoms with van der Waals surface area (Å²) in [6, 6.07) is 5.10. The Morgan fingerprint density at radius 2 is 1.70 bits per heavy atom. The van der Waals surface area contributed by atoms with E-state index >= 15 is 0 Å². The number of nitrogens with one attached hydrogen (secondary N) is 1. The lowest BCUT2D eigenvalue weighted by molar-refractivity contribution is -0.274. The molecule has 0 spiro atoms. The van der Waals surface area contributed by atoms with Gasteiger partial charge in [0.15, 0.2) is 11.6 Å². The van der Waals surface area contributed by atoms with Gasteiger partial charge >= 0.3 is 6.36 Å². The van der Waals surface area contributed by atoms with Gasteiger partial charge in [0.25, 0.3) is 0 Å².